The molecule has 0 heterocycles. The van der Waals surface area contributed by atoms with E-state index in [0.717, 1.165) is 0 Å². The number of hydrogen-bond donors (Lipinski definition) is 2. The number of nitrogens with one attached hydrogen (secondary N) is 1. The van der Waals surface area contributed by atoms with E-state index >= 15 is 0 Å². The molecule has 0 atom stereocenters. The van der Waals surface area contributed by atoms with Gasteiger partial charge in [-0.25, -0.2) is 4.39 Å². The number of aromatic hydroxyl groups is 1. The molecule has 1 rings (SSSR count). The van der Waals surface area contributed by atoms with Gasteiger partial charge in [-0.3, -0.25) is 4.79 Å². The fourth-order valence-electron chi connectivity index (χ4n) is 0.953. The van der Waals surface area contributed by atoms with Crippen LogP contribution >= 0.6 is 11.6 Å². The lowest BCUT2D eigenvalue weighted by Gasteiger charge is -2.04. The summed E-state index contributed by atoms with van der Waals surface area (Å²) in [5.41, 5.74) is 0.0860. The molecule has 0 saturated carbocycles. The summed E-state index contributed by atoms with van der Waals surface area (Å²) in [6, 6.07) is 4.11. The molecule has 3 nitrogen and oxygen atoms in total. The average molecular weight is 218 g/mol. The van der Waals surface area contributed by atoms with Crippen molar-refractivity contribution in [2.24, 2.45) is 0 Å². The molecule has 0 saturated heterocycles. The minimum absolute atomic E-state index is 0.0686. The minimum Gasteiger partial charge on any atom is -0.507 e. The van der Waals surface area contributed by atoms with Crippen LogP contribution in [0.2, 0.25) is 5.02 Å². The smallest absolute Gasteiger partial charge is 0.255 e. The van der Waals surface area contributed by atoms with Crippen molar-refractivity contribution in [3.8, 4) is 5.75 Å². The Morgan fingerprint density at radius 1 is 1.57 bits per heavy atom. The molecule has 5 heteroatoms. The van der Waals surface area contributed by atoms with Crippen LogP contribution in [0.25, 0.3) is 0 Å². The molecular weight excluding hydrogens is 209 g/mol. The Morgan fingerprint density at radius 2 is 2.29 bits per heavy atom. The van der Waals surface area contributed by atoms with Gasteiger partial charge in [0.1, 0.15) is 12.4 Å². The van der Waals surface area contributed by atoms with Gasteiger partial charge in [0, 0.05) is 11.6 Å². The van der Waals surface area contributed by atoms with E-state index in [1.165, 1.54) is 18.2 Å². The molecule has 0 unspecified atom stereocenters. The normalized spacial score (nSPS) is 9.86. The molecule has 0 fully saturated rings. The van der Waals surface area contributed by atoms with Crippen LogP contribution in [-0.2, 0) is 0 Å². The van der Waals surface area contributed by atoms with Crippen LogP contribution in [0.1, 0.15) is 10.4 Å². The molecule has 2 N–H and O–H groups in total. The summed E-state index contributed by atoms with van der Waals surface area (Å²) < 4.78 is 11.7. The monoisotopic (exact) mass is 217 g/mol. The van der Waals surface area contributed by atoms with Gasteiger partial charge in [0.25, 0.3) is 5.91 Å². The molecule has 0 aliphatic heterocycles. The maximum absolute atomic E-state index is 11.7. The molecule has 0 spiro atoms. The zero-order valence-corrected chi connectivity index (χ0v) is 8.01. The molecule has 76 valence electrons. The molecule has 1 aromatic carbocycles. The zero-order chi connectivity index (χ0) is 10.6. The van der Waals surface area contributed by atoms with Crippen molar-refractivity contribution in [2.75, 3.05) is 13.2 Å². The Labute approximate surface area is 85.5 Å². The van der Waals surface area contributed by atoms with Crippen molar-refractivity contribution < 1.29 is 14.3 Å². The molecule has 1 amide bonds. The van der Waals surface area contributed by atoms with Gasteiger partial charge in [0.15, 0.2) is 0 Å². The fraction of sp³-hybridized carbons (Fsp3) is 0.222. The first-order chi connectivity index (χ1) is 6.65. The van der Waals surface area contributed by atoms with E-state index in [9.17, 15) is 14.3 Å². The lowest BCUT2D eigenvalue weighted by Crippen LogP contribution is -2.25. The zero-order valence-electron chi connectivity index (χ0n) is 7.26. The van der Waals surface area contributed by atoms with Gasteiger partial charge < -0.3 is 10.4 Å². The van der Waals surface area contributed by atoms with E-state index in [0.29, 0.717) is 5.02 Å². The first kappa shape index (κ1) is 10.8. The lowest BCUT2D eigenvalue weighted by atomic mass is 10.2. The average Bonchev–Trinajstić information content (AvgIpc) is 2.14. The Balaban J connectivity index is 2.80. The third-order valence-electron chi connectivity index (χ3n) is 1.58. The Kier molecular flexibility index (Phi) is 3.71. The van der Waals surface area contributed by atoms with E-state index in [4.69, 9.17) is 11.6 Å². The quantitative estimate of drug-likeness (QED) is 0.811. The number of carbonyl (C=O) groups excluding carboxylic acids is 1. The molecule has 0 bridgehead atoms. The van der Waals surface area contributed by atoms with Crippen molar-refractivity contribution in [1.29, 1.82) is 0 Å². The second kappa shape index (κ2) is 4.81. The van der Waals surface area contributed by atoms with Crippen LogP contribution in [0, 0.1) is 0 Å². The summed E-state index contributed by atoms with van der Waals surface area (Å²) in [6.45, 7) is -0.707. The fourth-order valence-corrected chi connectivity index (χ4v) is 1.12. The Hall–Kier alpha value is -1.29. The highest BCUT2D eigenvalue weighted by Gasteiger charge is 2.10. The molecule has 0 aliphatic rings. The highest BCUT2D eigenvalue weighted by atomic mass is 35.5. The molecule has 0 aromatic heterocycles. The highest BCUT2D eigenvalue weighted by Crippen LogP contribution is 2.21. The standard InChI is InChI=1S/C9H9ClFNO2/c10-6-1-2-7(8(13)5-6)9(14)12-4-3-11/h1-2,5,13H,3-4H2,(H,12,14). The van der Waals surface area contributed by atoms with Gasteiger partial charge >= 0.3 is 0 Å². The highest BCUT2D eigenvalue weighted by molar-refractivity contribution is 6.30. The van der Waals surface area contributed by atoms with Crippen molar-refractivity contribution in [3.05, 3.63) is 28.8 Å². The van der Waals surface area contributed by atoms with Gasteiger partial charge in [-0.1, -0.05) is 11.6 Å². The SMILES string of the molecule is O=C(NCCF)c1ccc(Cl)cc1O. The summed E-state index contributed by atoms with van der Waals surface area (Å²) >= 11 is 5.57. The van der Waals surface area contributed by atoms with Gasteiger partial charge in [-0.2, -0.15) is 0 Å². The van der Waals surface area contributed by atoms with Crippen molar-refractivity contribution in [1.82, 2.24) is 5.32 Å². The Bertz CT molecular complexity index is 344. The predicted molar refractivity (Wildman–Crippen MR) is 51.4 cm³/mol. The van der Waals surface area contributed by atoms with Crippen LogP contribution in [0.5, 0.6) is 5.75 Å². The number of halogens is 2. The summed E-state index contributed by atoms with van der Waals surface area (Å²) in [5, 5.41) is 12.0. The Morgan fingerprint density at radius 3 is 2.86 bits per heavy atom. The maximum atomic E-state index is 11.7. The van der Waals surface area contributed by atoms with Crippen LogP contribution in [0.15, 0.2) is 18.2 Å². The van der Waals surface area contributed by atoms with E-state index < -0.39 is 12.6 Å². The predicted octanol–water partition coefficient (Wildman–Crippen LogP) is 1.74. The molecule has 0 aliphatic carbocycles. The van der Waals surface area contributed by atoms with Crippen LogP contribution in [0.4, 0.5) is 4.39 Å². The maximum Gasteiger partial charge on any atom is 0.255 e. The van der Waals surface area contributed by atoms with Crippen molar-refractivity contribution >= 4 is 17.5 Å². The van der Waals surface area contributed by atoms with E-state index in [-0.39, 0.29) is 17.9 Å². The number of phenolic OH excluding ortho intramolecular Hbond substituents is 1. The molecule has 14 heavy (non-hydrogen) atoms. The third kappa shape index (κ3) is 2.60. The number of phenols is 1. The van der Waals surface area contributed by atoms with E-state index in [1.807, 2.05) is 0 Å². The van der Waals surface area contributed by atoms with Gasteiger partial charge in [0.2, 0.25) is 0 Å². The lowest BCUT2D eigenvalue weighted by molar-refractivity contribution is 0.0948. The number of hydrogen-bond acceptors (Lipinski definition) is 2. The number of rotatable bonds is 3. The second-order valence-electron chi connectivity index (χ2n) is 2.61. The topological polar surface area (TPSA) is 49.3 Å². The summed E-state index contributed by atoms with van der Waals surface area (Å²) in [5.74, 6) is -0.731. The molecular formula is C9H9ClFNO2. The number of amides is 1. The van der Waals surface area contributed by atoms with Crippen molar-refractivity contribution in [2.45, 2.75) is 0 Å². The molecule has 0 radical (unpaired) electrons. The van der Waals surface area contributed by atoms with Gasteiger partial charge in [-0.05, 0) is 18.2 Å². The first-order valence-electron chi connectivity index (χ1n) is 3.98. The largest absolute Gasteiger partial charge is 0.507 e. The van der Waals surface area contributed by atoms with Gasteiger partial charge in [0.05, 0.1) is 5.56 Å². The first-order valence-corrected chi connectivity index (χ1v) is 4.35. The summed E-state index contributed by atoms with van der Waals surface area (Å²) in [4.78, 5) is 11.3. The minimum atomic E-state index is -0.639. The van der Waals surface area contributed by atoms with Crippen LogP contribution in [-0.4, -0.2) is 24.2 Å². The number of benzene rings is 1. The molecule has 1 aromatic rings. The van der Waals surface area contributed by atoms with Crippen LogP contribution in [0.3, 0.4) is 0 Å². The number of carbonyl (C=O) groups is 1. The summed E-state index contributed by atoms with van der Waals surface area (Å²) in [6.07, 6.45) is 0. The number of alkyl halides is 1. The van der Waals surface area contributed by atoms with E-state index in [2.05, 4.69) is 5.32 Å². The van der Waals surface area contributed by atoms with Crippen LogP contribution < -0.4 is 5.32 Å². The van der Waals surface area contributed by atoms with Crippen molar-refractivity contribution in [3.63, 3.8) is 0 Å². The van der Waals surface area contributed by atoms with E-state index in [1.54, 1.807) is 0 Å². The third-order valence-corrected chi connectivity index (χ3v) is 1.82. The second-order valence-corrected chi connectivity index (χ2v) is 3.04. The van der Waals surface area contributed by atoms with Gasteiger partial charge in [-0.15, -0.1) is 0 Å². The summed E-state index contributed by atoms with van der Waals surface area (Å²) in [7, 11) is 0.